The molecule has 1 N–H and O–H groups in total. The second-order valence-corrected chi connectivity index (χ2v) is 14.0. The summed E-state index contributed by atoms with van der Waals surface area (Å²) in [6.07, 6.45) is 2.77. The number of hydrogen-bond donors (Lipinski definition) is 1. The number of carboxylic acids is 1. The minimum Gasteiger partial charge on any atom is -0.476 e. The highest BCUT2D eigenvalue weighted by atomic mass is 35.5. The number of amides is 1. The molecule has 9 nitrogen and oxygen atoms in total. The molecule has 262 valence electrons. The third-order valence-electron chi connectivity index (χ3n) is 8.65. The molecule has 0 bridgehead atoms. The summed E-state index contributed by atoms with van der Waals surface area (Å²) in [6.45, 7) is 8.26. The van der Waals surface area contributed by atoms with Crippen molar-refractivity contribution in [2.24, 2.45) is 0 Å². The minimum absolute atomic E-state index is 0.189. The number of halogens is 1. The first-order valence-electron chi connectivity index (χ1n) is 17.0. The number of aromatic carboxylic acids is 1. The smallest absolute Gasteiger partial charge is 0.357 e. The van der Waals surface area contributed by atoms with Crippen molar-refractivity contribution in [1.82, 2.24) is 14.7 Å². The standard InChI is InChI=1S/C41H40ClN3O6/c1-5-6-11-35-36(37(39(47)48)43-45(35)30-15-19-32(20-16-30)50-31-17-13-29(42)14-18-31)33-21-12-27(40(49)51-41(2,3)4)24-34(33)38(46)44-23-22-26-9-7-8-10-28(26)25-44/h7-10,12-21,24H,5-6,11,22-23,25H2,1-4H3,(H,47,48). The molecule has 10 heteroatoms. The van der Waals surface area contributed by atoms with Crippen LogP contribution < -0.4 is 4.74 Å². The van der Waals surface area contributed by atoms with Crippen LogP contribution in [0.2, 0.25) is 5.02 Å². The van der Waals surface area contributed by atoms with Gasteiger partial charge in [0.1, 0.15) is 17.1 Å². The van der Waals surface area contributed by atoms with Gasteiger partial charge in [0.15, 0.2) is 5.69 Å². The Labute approximate surface area is 302 Å². The molecule has 4 aromatic carbocycles. The van der Waals surface area contributed by atoms with Gasteiger partial charge in [0.2, 0.25) is 0 Å². The topological polar surface area (TPSA) is 111 Å². The molecule has 0 spiro atoms. The largest absolute Gasteiger partial charge is 0.476 e. The quantitative estimate of drug-likeness (QED) is 0.144. The summed E-state index contributed by atoms with van der Waals surface area (Å²) in [5.41, 5.74) is 3.71. The van der Waals surface area contributed by atoms with E-state index in [0.29, 0.717) is 65.0 Å². The van der Waals surface area contributed by atoms with Gasteiger partial charge in [-0.05, 0) is 117 Å². The maximum atomic E-state index is 14.5. The van der Waals surface area contributed by atoms with Crippen molar-refractivity contribution >= 4 is 29.4 Å². The van der Waals surface area contributed by atoms with E-state index in [-0.39, 0.29) is 22.7 Å². The van der Waals surface area contributed by atoms with Gasteiger partial charge in [-0.15, -0.1) is 0 Å². The molecule has 0 atom stereocenters. The van der Waals surface area contributed by atoms with Crippen LogP contribution >= 0.6 is 11.6 Å². The first kappa shape index (κ1) is 35.4. The molecule has 1 aliphatic rings. The molecule has 0 fully saturated rings. The van der Waals surface area contributed by atoms with E-state index >= 15 is 0 Å². The zero-order valence-electron chi connectivity index (χ0n) is 29.1. The maximum Gasteiger partial charge on any atom is 0.357 e. The molecule has 0 aliphatic carbocycles. The summed E-state index contributed by atoms with van der Waals surface area (Å²) < 4.78 is 13.3. The van der Waals surface area contributed by atoms with Gasteiger partial charge in [0.05, 0.1) is 16.9 Å². The van der Waals surface area contributed by atoms with Crippen LogP contribution in [0.4, 0.5) is 0 Å². The number of fused-ring (bicyclic) bond motifs is 1. The maximum absolute atomic E-state index is 14.5. The van der Waals surface area contributed by atoms with E-state index in [2.05, 4.69) is 18.1 Å². The normalized spacial score (nSPS) is 12.7. The van der Waals surface area contributed by atoms with E-state index in [1.54, 1.807) is 78.9 Å². The van der Waals surface area contributed by atoms with Crippen LogP contribution in [0.25, 0.3) is 16.8 Å². The Hall–Kier alpha value is -5.41. The molecular weight excluding hydrogens is 666 g/mol. The number of unbranched alkanes of at least 4 members (excludes halogenated alkanes) is 1. The molecule has 0 saturated carbocycles. The number of benzene rings is 4. The number of carbonyl (C=O) groups is 3. The van der Waals surface area contributed by atoms with Crippen LogP contribution in [-0.2, 0) is 24.1 Å². The number of hydrogen-bond acceptors (Lipinski definition) is 6. The molecule has 6 rings (SSSR count). The number of rotatable bonds is 10. The van der Waals surface area contributed by atoms with Crippen molar-refractivity contribution in [1.29, 1.82) is 0 Å². The van der Waals surface area contributed by atoms with E-state index in [1.807, 2.05) is 30.3 Å². The number of esters is 1. The lowest BCUT2D eigenvalue weighted by molar-refractivity contribution is 0.00692. The zero-order valence-corrected chi connectivity index (χ0v) is 29.9. The molecule has 1 amide bonds. The van der Waals surface area contributed by atoms with Crippen molar-refractivity contribution in [3.05, 3.63) is 130 Å². The Bertz CT molecular complexity index is 2080. The number of carboxylic acid groups (broad SMARTS) is 1. The first-order chi connectivity index (χ1) is 24.4. The van der Waals surface area contributed by atoms with Crippen LogP contribution in [0.1, 0.15) is 88.6 Å². The fourth-order valence-electron chi connectivity index (χ4n) is 6.21. The Balaban J connectivity index is 1.47. The van der Waals surface area contributed by atoms with E-state index < -0.39 is 17.5 Å². The third-order valence-corrected chi connectivity index (χ3v) is 8.91. The third kappa shape index (κ3) is 7.99. The van der Waals surface area contributed by atoms with Crippen molar-refractivity contribution in [3.8, 4) is 28.3 Å². The Morgan fingerprint density at radius 2 is 1.57 bits per heavy atom. The number of ether oxygens (including phenoxy) is 2. The lowest BCUT2D eigenvalue weighted by atomic mass is 9.92. The predicted molar refractivity (Wildman–Crippen MR) is 196 cm³/mol. The average Bonchev–Trinajstić information content (AvgIpc) is 3.50. The lowest BCUT2D eigenvalue weighted by Gasteiger charge is -2.30. The van der Waals surface area contributed by atoms with Gasteiger partial charge in [-0.2, -0.15) is 5.10 Å². The fourth-order valence-corrected chi connectivity index (χ4v) is 6.34. The Morgan fingerprint density at radius 1 is 0.902 bits per heavy atom. The number of carbonyl (C=O) groups excluding carboxylic acids is 2. The summed E-state index contributed by atoms with van der Waals surface area (Å²) >= 11 is 6.02. The van der Waals surface area contributed by atoms with Crippen molar-refractivity contribution < 1.29 is 29.0 Å². The molecule has 5 aromatic rings. The monoisotopic (exact) mass is 705 g/mol. The zero-order chi connectivity index (χ0) is 36.3. The first-order valence-corrected chi connectivity index (χ1v) is 17.4. The van der Waals surface area contributed by atoms with Crippen LogP contribution in [0.15, 0.2) is 91.0 Å². The molecule has 0 radical (unpaired) electrons. The summed E-state index contributed by atoms with van der Waals surface area (Å²) in [4.78, 5) is 42.5. The van der Waals surface area contributed by atoms with E-state index in [1.165, 1.54) is 11.6 Å². The molecular formula is C41H40ClN3O6. The lowest BCUT2D eigenvalue weighted by Crippen LogP contribution is -2.36. The summed E-state index contributed by atoms with van der Waals surface area (Å²) in [7, 11) is 0. The highest BCUT2D eigenvalue weighted by molar-refractivity contribution is 6.30. The second-order valence-electron chi connectivity index (χ2n) is 13.5. The number of nitrogens with zero attached hydrogens (tertiary/aromatic N) is 3. The second kappa shape index (κ2) is 14.8. The number of aromatic nitrogens is 2. The van der Waals surface area contributed by atoms with E-state index in [4.69, 9.17) is 21.1 Å². The molecule has 2 heterocycles. The van der Waals surface area contributed by atoms with Crippen LogP contribution in [-0.4, -0.2) is 49.8 Å². The van der Waals surface area contributed by atoms with E-state index in [9.17, 15) is 19.5 Å². The van der Waals surface area contributed by atoms with Crippen molar-refractivity contribution in [3.63, 3.8) is 0 Å². The molecule has 1 aliphatic heterocycles. The Kier molecular flexibility index (Phi) is 10.3. The molecule has 1 aromatic heterocycles. The van der Waals surface area contributed by atoms with Gasteiger partial charge in [-0.1, -0.05) is 55.3 Å². The van der Waals surface area contributed by atoms with Gasteiger partial charge in [-0.3, -0.25) is 4.79 Å². The van der Waals surface area contributed by atoms with Gasteiger partial charge in [0, 0.05) is 29.2 Å². The molecule has 0 saturated heterocycles. The summed E-state index contributed by atoms with van der Waals surface area (Å²) in [5, 5.41) is 15.8. The Morgan fingerprint density at radius 3 is 2.22 bits per heavy atom. The predicted octanol–water partition coefficient (Wildman–Crippen LogP) is 9.18. The van der Waals surface area contributed by atoms with Gasteiger partial charge in [0.25, 0.3) is 5.91 Å². The van der Waals surface area contributed by atoms with Crippen LogP contribution in [0.3, 0.4) is 0 Å². The van der Waals surface area contributed by atoms with Crippen molar-refractivity contribution in [2.75, 3.05) is 6.54 Å². The van der Waals surface area contributed by atoms with Crippen molar-refractivity contribution in [2.45, 2.75) is 65.5 Å². The van der Waals surface area contributed by atoms with Gasteiger partial charge in [-0.25, -0.2) is 14.3 Å². The fraction of sp³-hybridized carbons (Fsp3) is 0.268. The highest BCUT2D eigenvalue weighted by Gasteiger charge is 2.31. The minimum atomic E-state index is -1.23. The van der Waals surface area contributed by atoms with Crippen LogP contribution in [0.5, 0.6) is 11.5 Å². The van der Waals surface area contributed by atoms with E-state index in [0.717, 1.165) is 18.4 Å². The highest BCUT2D eigenvalue weighted by Crippen LogP contribution is 2.36. The molecule has 51 heavy (non-hydrogen) atoms. The van der Waals surface area contributed by atoms with Crippen LogP contribution in [0, 0.1) is 0 Å². The summed E-state index contributed by atoms with van der Waals surface area (Å²) in [5.74, 6) is -0.913. The molecule has 0 unspecified atom stereocenters. The summed E-state index contributed by atoms with van der Waals surface area (Å²) in [6, 6.07) is 27.0. The average molecular weight is 706 g/mol. The van der Waals surface area contributed by atoms with Gasteiger partial charge < -0.3 is 19.5 Å². The SMILES string of the molecule is CCCCc1c(-c2ccc(C(=O)OC(C)(C)C)cc2C(=O)N2CCc3ccccc3C2)c(C(=O)O)nn1-c1ccc(Oc2ccc(Cl)cc2)cc1. The van der Waals surface area contributed by atoms with Gasteiger partial charge >= 0.3 is 11.9 Å².